The number of amides is 1. The first-order chi connectivity index (χ1) is 10.5. The molecule has 2 fully saturated rings. The van der Waals surface area contributed by atoms with E-state index in [-0.39, 0.29) is 11.7 Å². The molecule has 0 aliphatic heterocycles. The molecule has 3 atom stereocenters. The van der Waals surface area contributed by atoms with Crippen molar-refractivity contribution in [2.75, 3.05) is 10.5 Å². The predicted molar refractivity (Wildman–Crippen MR) is 86.2 cm³/mol. The van der Waals surface area contributed by atoms with E-state index in [0.717, 1.165) is 12.3 Å². The average Bonchev–Trinajstić information content (AvgIpc) is 3.10. The third kappa shape index (κ3) is 3.27. The van der Waals surface area contributed by atoms with Crippen LogP contribution in [0.5, 0.6) is 0 Å². The second kappa shape index (κ2) is 5.91. The molecule has 0 heterocycles. The van der Waals surface area contributed by atoms with Gasteiger partial charge in [-0.3, -0.25) is 9.52 Å². The van der Waals surface area contributed by atoms with E-state index in [4.69, 9.17) is 0 Å². The summed E-state index contributed by atoms with van der Waals surface area (Å²) in [5.74, 6) is 1.40. The average molecular weight is 322 g/mol. The molecule has 2 saturated carbocycles. The fourth-order valence-electron chi connectivity index (χ4n) is 3.61. The Labute approximate surface area is 131 Å². The summed E-state index contributed by atoms with van der Waals surface area (Å²) in [5, 5.41) is 3.13. The van der Waals surface area contributed by atoms with Crippen LogP contribution in [0, 0.1) is 11.8 Å². The monoisotopic (exact) mass is 322 g/mol. The molecule has 0 radical (unpaired) electrons. The van der Waals surface area contributed by atoms with Crippen LogP contribution in [-0.4, -0.2) is 26.1 Å². The highest BCUT2D eigenvalue weighted by Crippen LogP contribution is 2.44. The van der Waals surface area contributed by atoms with Crippen LogP contribution < -0.4 is 10.0 Å². The number of carbonyl (C=O) groups excluding carboxylic acids is 1. The van der Waals surface area contributed by atoms with Crippen LogP contribution >= 0.6 is 0 Å². The van der Waals surface area contributed by atoms with Gasteiger partial charge in [-0.25, -0.2) is 8.42 Å². The van der Waals surface area contributed by atoms with Gasteiger partial charge in [0, 0.05) is 17.3 Å². The topological polar surface area (TPSA) is 75.3 Å². The zero-order chi connectivity index (χ0) is 15.7. The molecule has 1 aromatic carbocycles. The van der Waals surface area contributed by atoms with Crippen molar-refractivity contribution in [1.82, 2.24) is 5.32 Å². The fraction of sp³-hybridized carbons (Fsp3) is 0.562. The highest BCUT2D eigenvalue weighted by molar-refractivity contribution is 7.92. The molecule has 0 spiro atoms. The Balaban J connectivity index is 1.61. The summed E-state index contributed by atoms with van der Waals surface area (Å²) < 4.78 is 25.5. The standard InChI is InChI=1S/C16H22N2O3S/c1-2-22(20,21)18-14-7-5-12(6-8-14)16(19)17-15-10-11-3-4-13(15)9-11/h5-8,11,13,15,18H,2-4,9-10H2,1H3,(H,17,19)/t11-,13+,15-/m0/s1. The Morgan fingerprint density at radius 2 is 1.91 bits per heavy atom. The number of benzene rings is 1. The molecule has 1 aromatic rings. The van der Waals surface area contributed by atoms with Crippen molar-refractivity contribution in [3.63, 3.8) is 0 Å². The summed E-state index contributed by atoms with van der Waals surface area (Å²) in [6.07, 6.45) is 4.89. The van der Waals surface area contributed by atoms with Gasteiger partial charge in [-0.2, -0.15) is 0 Å². The number of hydrogen-bond acceptors (Lipinski definition) is 3. The molecule has 1 amide bonds. The van der Waals surface area contributed by atoms with Crippen LogP contribution in [0.3, 0.4) is 0 Å². The maximum atomic E-state index is 12.3. The lowest BCUT2D eigenvalue weighted by molar-refractivity contribution is 0.0923. The van der Waals surface area contributed by atoms with Crippen molar-refractivity contribution in [3.8, 4) is 0 Å². The van der Waals surface area contributed by atoms with Gasteiger partial charge in [-0.1, -0.05) is 6.42 Å². The summed E-state index contributed by atoms with van der Waals surface area (Å²) in [6, 6.07) is 6.89. The van der Waals surface area contributed by atoms with E-state index in [2.05, 4.69) is 10.0 Å². The van der Waals surface area contributed by atoms with Gasteiger partial charge in [-0.15, -0.1) is 0 Å². The minimum absolute atomic E-state index is 0.0273. The third-order valence-corrected chi connectivity index (χ3v) is 6.16. The van der Waals surface area contributed by atoms with Crippen molar-refractivity contribution in [1.29, 1.82) is 0 Å². The minimum Gasteiger partial charge on any atom is -0.349 e. The Hall–Kier alpha value is -1.56. The van der Waals surface area contributed by atoms with E-state index in [1.54, 1.807) is 31.2 Å². The molecule has 2 aliphatic rings. The van der Waals surface area contributed by atoms with E-state index in [9.17, 15) is 13.2 Å². The van der Waals surface area contributed by atoms with Gasteiger partial charge in [0.25, 0.3) is 5.91 Å². The maximum Gasteiger partial charge on any atom is 0.251 e. The molecular weight excluding hydrogens is 300 g/mol. The van der Waals surface area contributed by atoms with Gasteiger partial charge in [0.05, 0.1) is 5.75 Å². The van der Waals surface area contributed by atoms with Gasteiger partial charge in [0.15, 0.2) is 0 Å². The van der Waals surface area contributed by atoms with Gasteiger partial charge in [-0.05, 0) is 62.3 Å². The quantitative estimate of drug-likeness (QED) is 0.874. The molecule has 120 valence electrons. The second-order valence-corrected chi connectivity index (χ2v) is 8.35. The lowest BCUT2D eigenvalue weighted by Crippen LogP contribution is -2.38. The molecule has 2 aliphatic carbocycles. The van der Waals surface area contributed by atoms with E-state index < -0.39 is 10.0 Å². The third-order valence-electron chi connectivity index (χ3n) is 4.86. The Morgan fingerprint density at radius 1 is 1.18 bits per heavy atom. The molecule has 0 unspecified atom stereocenters. The summed E-state index contributed by atoms with van der Waals surface area (Å²) in [6.45, 7) is 1.58. The fourth-order valence-corrected chi connectivity index (χ4v) is 4.25. The van der Waals surface area contributed by atoms with Crippen LogP contribution in [0.25, 0.3) is 0 Å². The Bertz CT molecular complexity index is 654. The van der Waals surface area contributed by atoms with Crippen LogP contribution in [0.4, 0.5) is 5.69 Å². The molecule has 22 heavy (non-hydrogen) atoms. The van der Waals surface area contributed by atoms with E-state index in [1.807, 2.05) is 0 Å². The second-order valence-electron chi connectivity index (χ2n) is 6.34. The van der Waals surface area contributed by atoms with Crippen LogP contribution in [-0.2, 0) is 10.0 Å². The molecular formula is C16H22N2O3S. The van der Waals surface area contributed by atoms with Crippen LogP contribution in [0.2, 0.25) is 0 Å². The number of carbonyl (C=O) groups is 1. The lowest BCUT2D eigenvalue weighted by Gasteiger charge is -2.22. The van der Waals surface area contributed by atoms with Crippen molar-refractivity contribution in [2.24, 2.45) is 11.8 Å². The SMILES string of the molecule is CCS(=O)(=O)Nc1ccc(C(=O)N[C@H]2C[C@H]3CC[C@@H]2C3)cc1. The number of anilines is 1. The molecule has 0 saturated heterocycles. The van der Waals surface area contributed by atoms with Crippen molar-refractivity contribution in [2.45, 2.75) is 38.6 Å². The van der Waals surface area contributed by atoms with E-state index in [0.29, 0.717) is 23.2 Å². The maximum absolute atomic E-state index is 12.3. The first kappa shape index (κ1) is 15.3. The van der Waals surface area contributed by atoms with Gasteiger partial charge in [0.2, 0.25) is 10.0 Å². The first-order valence-electron chi connectivity index (χ1n) is 7.88. The zero-order valence-electron chi connectivity index (χ0n) is 12.7. The number of hydrogen-bond donors (Lipinski definition) is 2. The molecule has 2 bridgehead atoms. The van der Waals surface area contributed by atoms with Crippen LogP contribution in [0.15, 0.2) is 24.3 Å². The summed E-state index contributed by atoms with van der Waals surface area (Å²) >= 11 is 0. The van der Waals surface area contributed by atoms with E-state index >= 15 is 0 Å². The number of sulfonamides is 1. The molecule has 0 aromatic heterocycles. The number of rotatable bonds is 5. The Morgan fingerprint density at radius 3 is 2.45 bits per heavy atom. The van der Waals surface area contributed by atoms with E-state index in [1.165, 1.54) is 19.3 Å². The molecule has 5 nitrogen and oxygen atoms in total. The zero-order valence-corrected chi connectivity index (χ0v) is 13.5. The lowest BCUT2D eigenvalue weighted by atomic mass is 9.95. The predicted octanol–water partition coefficient (Wildman–Crippen LogP) is 2.37. The number of fused-ring (bicyclic) bond motifs is 2. The van der Waals surface area contributed by atoms with Crippen molar-refractivity contribution < 1.29 is 13.2 Å². The summed E-state index contributed by atoms with van der Waals surface area (Å²) in [5.41, 5.74) is 1.06. The largest absolute Gasteiger partial charge is 0.349 e. The number of nitrogens with one attached hydrogen (secondary N) is 2. The minimum atomic E-state index is -3.28. The smallest absolute Gasteiger partial charge is 0.251 e. The Kier molecular flexibility index (Phi) is 4.12. The van der Waals surface area contributed by atoms with Gasteiger partial charge < -0.3 is 5.32 Å². The molecule has 2 N–H and O–H groups in total. The highest BCUT2D eigenvalue weighted by atomic mass is 32.2. The summed E-state index contributed by atoms with van der Waals surface area (Å²) in [7, 11) is -3.28. The van der Waals surface area contributed by atoms with Crippen molar-refractivity contribution in [3.05, 3.63) is 29.8 Å². The molecule has 6 heteroatoms. The van der Waals surface area contributed by atoms with Crippen molar-refractivity contribution >= 4 is 21.6 Å². The van der Waals surface area contributed by atoms with Gasteiger partial charge >= 0.3 is 0 Å². The van der Waals surface area contributed by atoms with Crippen LogP contribution in [0.1, 0.15) is 43.0 Å². The summed E-state index contributed by atoms with van der Waals surface area (Å²) in [4.78, 5) is 12.3. The highest BCUT2D eigenvalue weighted by Gasteiger charge is 2.40. The first-order valence-corrected chi connectivity index (χ1v) is 9.53. The normalized spacial score (nSPS) is 26.9. The molecule has 3 rings (SSSR count). The van der Waals surface area contributed by atoms with Gasteiger partial charge in [0.1, 0.15) is 0 Å².